The molecule has 2 aliphatic rings. The Hall–Kier alpha value is -2.13. The fourth-order valence-corrected chi connectivity index (χ4v) is 3.77. The molecule has 0 bridgehead atoms. The number of nitrogens with one attached hydrogen (secondary N) is 1. The first kappa shape index (κ1) is 16.3. The molecule has 1 aliphatic carbocycles. The zero-order valence-corrected chi connectivity index (χ0v) is 14.6. The van der Waals surface area contributed by atoms with Crippen molar-refractivity contribution in [3.8, 4) is 5.88 Å². The van der Waals surface area contributed by atoms with Crippen molar-refractivity contribution in [3.63, 3.8) is 0 Å². The molecule has 0 radical (unpaired) electrons. The Bertz CT molecular complexity index is 712. The summed E-state index contributed by atoms with van der Waals surface area (Å²) in [7, 11) is 0. The second-order valence-corrected chi connectivity index (χ2v) is 7.41. The number of carbonyl (C=O) groups is 1. The summed E-state index contributed by atoms with van der Waals surface area (Å²) in [6.45, 7) is 2.01. The quantitative estimate of drug-likeness (QED) is 0.838. The van der Waals surface area contributed by atoms with Crippen molar-refractivity contribution >= 4 is 22.4 Å². The molecule has 0 aromatic carbocycles. The molecule has 0 spiro atoms. The highest BCUT2D eigenvalue weighted by Crippen LogP contribution is 2.42. The van der Waals surface area contributed by atoms with Crippen LogP contribution >= 0.6 is 11.3 Å². The SMILES string of the molecule is O=C(CN1CCC(Oc2cnccn2)CC1)Nc1nnc(C2CC2)s1. The number of anilines is 1. The Morgan fingerprint density at radius 1 is 1.24 bits per heavy atom. The van der Waals surface area contributed by atoms with Crippen LogP contribution in [0.5, 0.6) is 5.88 Å². The number of rotatable bonds is 6. The predicted molar refractivity (Wildman–Crippen MR) is 92.6 cm³/mol. The van der Waals surface area contributed by atoms with Crippen LogP contribution in [-0.2, 0) is 4.79 Å². The molecule has 8 nitrogen and oxygen atoms in total. The zero-order chi connectivity index (χ0) is 17.1. The molecule has 3 heterocycles. The summed E-state index contributed by atoms with van der Waals surface area (Å²) in [4.78, 5) is 22.4. The maximum atomic E-state index is 12.2. The van der Waals surface area contributed by atoms with Gasteiger partial charge in [-0.2, -0.15) is 0 Å². The zero-order valence-electron chi connectivity index (χ0n) is 13.8. The molecule has 25 heavy (non-hydrogen) atoms. The van der Waals surface area contributed by atoms with Crippen molar-refractivity contribution in [1.82, 2.24) is 25.1 Å². The number of nitrogens with zero attached hydrogens (tertiary/aromatic N) is 5. The second-order valence-electron chi connectivity index (χ2n) is 6.40. The van der Waals surface area contributed by atoms with Gasteiger partial charge in [0, 0.05) is 31.4 Å². The number of ether oxygens (including phenoxy) is 1. The van der Waals surface area contributed by atoms with E-state index in [9.17, 15) is 4.79 Å². The van der Waals surface area contributed by atoms with Crippen molar-refractivity contribution in [2.45, 2.75) is 37.7 Å². The number of amides is 1. The van der Waals surface area contributed by atoms with Gasteiger partial charge in [0.15, 0.2) is 0 Å². The van der Waals surface area contributed by atoms with Gasteiger partial charge in [-0.15, -0.1) is 10.2 Å². The summed E-state index contributed by atoms with van der Waals surface area (Å²) < 4.78 is 5.82. The van der Waals surface area contributed by atoms with E-state index in [-0.39, 0.29) is 12.0 Å². The monoisotopic (exact) mass is 360 g/mol. The molecule has 1 aliphatic heterocycles. The summed E-state index contributed by atoms with van der Waals surface area (Å²) >= 11 is 1.49. The third-order valence-corrected chi connectivity index (χ3v) is 5.34. The van der Waals surface area contributed by atoms with Crippen LogP contribution in [0.4, 0.5) is 5.13 Å². The molecule has 9 heteroatoms. The van der Waals surface area contributed by atoms with E-state index in [4.69, 9.17) is 4.74 Å². The van der Waals surface area contributed by atoms with Gasteiger partial charge in [-0.1, -0.05) is 11.3 Å². The summed E-state index contributed by atoms with van der Waals surface area (Å²) in [5, 5.41) is 12.7. The third kappa shape index (κ3) is 4.49. The summed E-state index contributed by atoms with van der Waals surface area (Å²) in [6.07, 6.45) is 9.11. The number of piperidine rings is 1. The Morgan fingerprint density at radius 3 is 2.80 bits per heavy atom. The maximum Gasteiger partial charge on any atom is 0.240 e. The number of carbonyl (C=O) groups excluding carboxylic acids is 1. The molecule has 4 rings (SSSR count). The van der Waals surface area contributed by atoms with Crippen LogP contribution in [0.2, 0.25) is 0 Å². The lowest BCUT2D eigenvalue weighted by Gasteiger charge is -2.31. The lowest BCUT2D eigenvalue weighted by molar-refractivity contribution is -0.117. The highest BCUT2D eigenvalue weighted by atomic mass is 32.1. The Labute approximate surface area is 149 Å². The van der Waals surface area contributed by atoms with Crippen molar-refractivity contribution in [2.75, 3.05) is 25.0 Å². The van der Waals surface area contributed by atoms with Gasteiger partial charge in [-0.3, -0.25) is 20.0 Å². The molecule has 1 saturated carbocycles. The molecule has 1 N–H and O–H groups in total. The normalized spacial score (nSPS) is 18.9. The first-order chi connectivity index (χ1) is 12.3. The first-order valence-electron chi connectivity index (χ1n) is 8.54. The van der Waals surface area contributed by atoms with Crippen LogP contribution < -0.4 is 10.1 Å². The average molecular weight is 360 g/mol. The fraction of sp³-hybridized carbons (Fsp3) is 0.562. The van der Waals surface area contributed by atoms with Crippen LogP contribution in [0.1, 0.15) is 36.6 Å². The van der Waals surface area contributed by atoms with Gasteiger partial charge < -0.3 is 4.74 Å². The molecule has 1 amide bonds. The van der Waals surface area contributed by atoms with E-state index in [0.29, 0.717) is 23.5 Å². The lowest BCUT2D eigenvalue weighted by Crippen LogP contribution is -2.42. The fourth-order valence-electron chi connectivity index (χ4n) is 2.84. The van der Waals surface area contributed by atoms with Crippen molar-refractivity contribution in [2.24, 2.45) is 0 Å². The Morgan fingerprint density at radius 2 is 2.08 bits per heavy atom. The van der Waals surface area contributed by atoms with Gasteiger partial charge in [0.1, 0.15) is 11.1 Å². The number of likely N-dealkylation sites (tertiary alicyclic amines) is 1. The number of hydrogen-bond donors (Lipinski definition) is 1. The minimum absolute atomic E-state index is 0.0354. The van der Waals surface area contributed by atoms with Crippen LogP contribution in [-0.4, -0.2) is 56.7 Å². The van der Waals surface area contributed by atoms with Gasteiger partial charge in [0.25, 0.3) is 0 Å². The minimum Gasteiger partial charge on any atom is -0.473 e. The van der Waals surface area contributed by atoms with Gasteiger partial charge in [-0.25, -0.2) is 4.98 Å². The molecule has 0 unspecified atom stereocenters. The average Bonchev–Trinajstić information content (AvgIpc) is 3.37. The molecule has 1 saturated heterocycles. The summed E-state index contributed by atoms with van der Waals surface area (Å²) in [5.74, 6) is 1.09. The largest absolute Gasteiger partial charge is 0.473 e. The van der Waals surface area contributed by atoms with E-state index < -0.39 is 0 Å². The van der Waals surface area contributed by atoms with Crippen LogP contribution in [0.15, 0.2) is 18.6 Å². The van der Waals surface area contributed by atoms with Crippen LogP contribution in [0.25, 0.3) is 0 Å². The Balaban J connectivity index is 1.20. The van der Waals surface area contributed by atoms with Gasteiger partial charge >= 0.3 is 0 Å². The molecule has 2 aromatic rings. The van der Waals surface area contributed by atoms with Crippen LogP contribution in [0.3, 0.4) is 0 Å². The topological polar surface area (TPSA) is 93.1 Å². The highest BCUT2D eigenvalue weighted by molar-refractivity contribution is 7.15. The second kappa shape index (κ2) is 7.40. The predicted octanol–water partition coefficient (Wildman–Crippen LogP) is 1.69. The molecule has 2 aromatic heterocycles. The smallest absolute Gasteiger partial charge is 0.240 e. The molecule has 0 atom stereocenters. The molecule has 2 fully saturated rings. The van der Waals surface area contributed by atoms with Crippen LogP contribution in [0, 0.1) is 0 Å². The Kier molecular flexibility index (Phi) is 4.84. The van der Waals surface area contributed by atoms with Gasteiger partial charge in [-0.05, 0) is 25.7 Å². The highest BCUT2D eigenvalue weighted by Gasteiger charge is 2.28. The molecule has 132 valence electrons. The van der Waals surface area contributed by atoms with E-state index in [1.54, 1.807) is 18.6 Å². The van der Waals surface area contributed by atoms with Crippen molar-refractivity contribution < 1.29 is 9.53 Å². The van der Waals surface area contributed by atoms with Crippen molar-refractivity contribution in [1.29, 1.82) is 0 Å². The van der Waals surface area contributed by atoms with Gasteiger partial charge in [0.05, 0.1) is 12.7 Å². The van der Waals surface area contributed by atoms with E-state index in [2.05, 4.69) is 30.4 Å². The van der Waals surface area contributed by atoms with E-state index in [1.807, 2.05) is 0 Å². The maximum absolute atomic E-state index is 12.2. The van der Waals surface area contributed by atoms with Crippen molar-refractivity contribution in [3.05, 3.63) is 23.6 Å². The van der Waals surface area contributed by atoms with E-state index in [1.165, 1.54) is 24.2 Å². The molecular formula is C16H20N6O2S. The first-order valence-corrected chi connectivity index (χ1v) is 9.36. The third-order valence-electron chi connectivity index (χ3n) is 4.34. The van der Waals surface area contributed by atoms with Gasteiger partial charge in [0.2, 0.25) is 16.9 Å². The van der Waals surface area contributed by atoms with E-state index >= 15 is 0 Å². The lowest BCUT2D eigenvalue weighted by atomic mass is 10.1. The standard InChI is InChI=1S/C16H20N6O2S/c23-13(19-16-21-20-15(25-16)11-1-2-11)10-22-7-3-12(4-8-22)24-14-9-17-5-6-18-14/h5-6,9,11-12H,1-4,7-8,10H2,(H,19,21,23). The summed E-state index contributed by atoms with van der Waals surface area (Å²) in [6, 6.07) is 0. The number of hydrogen-bond acceptors (Lipinski definition) is 8. The van der Waals surface area contributed by atoms with E-state index in [0.717, 1.165) is 30.9 Å². The number of aromatic nitrogens is 4. The molecular weight excluding hydrogens is 340 g/mol. The minimum atomic E-state index is -0.0354. The summed E-state index contributed by atoms with van der Waals surface area (Å²) in [5.41, 5.74) is 0.